The lowest BCUT2D eigenvalue weighted by atomic mass is 10.0. The molecule has 1 unspecified atom stereocenters. The van der Waals surface area contributed by atoms with E-state index in [4.69, 9.17) is 5.73 Å². The average molecular weight is 206 g/mol. The van der Waals surface area contributed by atoms with Gasteiger partial charge in [-0.25, -0.2) is 0 Å². The first-order valence-electron chi connectivity index (χ1n) is 5.57. The van der Waals surface area contributed by atoms with Gasteiger partial charge in [0.05, 0.1) is 0 Å². The Kier molecular flexibility index (Phi) is 4.15. The van der Waals surface area contributed by atoms with E-state index in [1.54, 1.807) is 0 Å². The fourth-order valence-electron chi connectivity index (χ4n) is 1.79. The Morgan fingerprint density at radius 1 is 1.33 bits per heavy atom. The lowest BCUT2D eigenvalue weighted by molar-refractivity contribution is 0.646. The van der Waals surface area contributed by atoms with E-state index in [1.165, 1.54) is 16.8 Å². The molecule has 0 saturated heterocycles. The number of hydrogen-bond acceptors (Lipinski definition) is 2. The Morgan fingerprint density at radius 3 is 2.47 bits per heavy atom. The molecule has 2 nitrogen and oxygen atoms in total. The van der Waals surface area contributed by atoms with Crippen LogP contribution in [0.3, 0.4) is 0 Å². The van der Waals surface area contributed by atoms with E-state index in [0.717, 1.165) is 12.8 Å². The highest BCUT2D eigenvalue weighted by molar-refractivity contribution is 5.53. The van der Waals surface area contributed by atoms with E-state index < -0.39 is 0 Å². The summed E-state index contributed by atoms with van der Waals surface area (Å²) in [6.45, 7) is 4.28. The van der Waals surface area contributed by atoms with Gasteiger partial charge in [-0.05, 0) is 37.0 Å². The third-order valence-electron chi connectivity index (χ3n) is 2.77. The van der Waals surface area contributed by atoms with E-state index in [0.29, 0.717) is 0 Å². The van der Waals surface area contributed by atoms with Gasteiger partial charge >= 0.3 is 0 Å². The molecule has 0 aliphatic rings. The van der Waals surface area contributed by atoms with Crippen LogP contribution in [0.1, 0.15) is 24.5 Å². The van der Waals surface area contributed by atoms with Crippen LogP contribution in [-0.4, -0.2) is 20.1 Å². The summed E-state index contributed by atoms with van der Waals surface area (Å²) in [5, 5.41) is 0. The summed E-state index contributed by atoms with van der Waals surface area (Å²) < 4.78 is 0. The summed E-state index contributed by atoms with van der Waals surface area (Å²) >= 11 is 0. The van der Waals surface area contributed by atoms with Crippen molar-refractivity contribution in [2.75, 3.05) is 19.0 Å². The van der Waals surface area contributed by atoms with Gasteiger partial charge in [-0.3, -0.25) is 0 Å². The van der Waals surface area contributed by atoms with Crippen LogP contribution in [0, 0.1) is 6.92 Å². The van der Waals surface area contributed by atoms with Crippen LogP contribution in [0.15, 0.2) is 18.2 Å². The van der Waals surface area contributed by atoms with Crippen molar-refractivity contribution in [3.8, 4) is 0 Å². The summed E-state index contributed by atoms with van der Waals surface area (Å²) in [7, 11) is 4.14. The predicted octanol–water partition coefficient (Wildman–Crippen LogP) is 2.34. The van der Waals surface area contributed by atoms with Crippen LogP contribution in [0.2, 0.25) is 0 Å². The Morgan fingerprint density at radius 2 is 2.00 bits per heavy atom. The Balaban J connectivity index is 2.82. The maximum atomic E-state index is 5.94. The highest BCUT2D eigenvalue weighted by Gasteiger charge is 2.04. The molecule has 1 aromatic carbocycles. The van der Waals surface area contributed by atoms with Gasteiger partial charge in [-0.15, -0.1) is 0 Å². The second-order valence-corrected chi connectivity index (χ2v) is 4.39. The topological polar surface area (TPSA) is 29.3 Å². The predicted molar refractivity (Wildman–Crippen MR) is 67.5 cm³/mol. The smallest absolute Gasteiger partial charge is 0.0390 e. The molecule has 0 heterocycles. The van der Waals surface area contributed by atoms with Gasteiger partial charge in [0, 0.05) is 25.8 Å². The minimum Gasteiger partial charge on any atom is -0.377 e. The molecule has 1 aromatic rings. The maximum Gasteiger partial charge on any atom is 0.0390 e. The van der Waals surface area contributed by atoms with Gasteiger partial charge in [0.25, 0.3) is 0 Å². The second-order valence-electron chi connectivity index (χ2n) is 4.39. The first kappa shape index (κ1) is 12.1. The van der Waals surface area contributed by atoms with E-state index in [-0.39, 0.29) is 6.04 Å². The number of benzene rings is 1. The van der Waals surface area contributed by atoms with Gasteiger partial charge in [0.15, 0.2) is 0 Å². The Labute approximate surface area is 93.1 Å². The maximum absolute atomic E-state index is 5.94. The number of anilines is 1. The second kappa shape index (κ2) is 5.17. The molecule has 2 N–H and O–H groups in total. The van der Waals surface area contributed by atoms with Gasteiger partial charge < -0.3 is 10.6 Å². The fraction of sp³-hybridized carbons (Fsp3) is 0.538. The molecule has 0 aliphatic carbocycles. The SMILES string of the molecule is CCC(N)Cc1ccc(N(C)C)c(C)c1. The Bertz CT molecular complexity index is 318. The molecule has 0 saturated carbocycles. The van der Waals surface area contributed by atoms with E-state index in [9.17, 15) is 0 Å². The molecule has 0 fully saturated rings. The largest absolute Gasteiger partial charge is 0.377 e. The summed E-state index contributed by atoms with van der Waals surface area (Å²) in [6, 6.07) is 6.88. The summed E-state index contributed by atoms with van der Waals surface area (Å²) in [4.78, 5) is 2.14. The molecule has 0 aromatic heterocycles. The van der Waals surface area contributed by atoms with E-state index >= 15 is 0 Å². The van der Waals surface area contributed by atoms with Gasteiger partial charge in [-0.2, -0.15) is 0 Å². The summed E-state index contributed by atoms with van der Waals surface area (Å²) in [5.41, 5.74) is 9.88. The summed E-state index contributed by atoms with van der Waals surface area (Å²) in [6.07, 6.45) is 2.01. The van der Waals surface area contributed by atoms with Crippen LogP contribution < -0.4 is 10.6 Å². The minimum absolute atomic E-state index is 0.287. The molecule has 84 valence electrons. The highest BCUT2D eigenvalue weighted by Crippen LogP contribution is 2.19. The normalized spacial score (nSPS) is 12.6. The van der Waals surface area contributed by atoms with Crippen LogP contribution in [0.5, 0.6) is 0 Å². The zero-order valence-electron chi connectivity index (χ0n) is 10.2. The molecule has 0 spiro atoms. The first-order valence-corrected chi connectivity index (χ1v) is 5.57. The standard InChI is InChI=1S/C13H22N2/c1-5-12(14)9-11-6-7-13(15(3)4)10(2)8-11/h6-8,12H,5,9,14H2,1-4H3. The molecule has 1 atom stereocenters. The lowest BCUT2D eigenvalue weighted by Gasteiger charge is -2.17. The molecule has 2 heteroatoms. The molecule has 0 aliphatic heterocycles. The third-order valence-corrected chi connectivity index (χ3v) is 2.77. The number of aryl methyl sites for hydroxylation is 1. The van der Waals surface area contributed by atoms with Crippen molar-refractivity contribution in [3.05, 3.63) is 29.3 Å². The molecule has 1 rings (SSSR count). The van der Waals surface area contributed by atoms with Crippen molar-refractivity contribution in [2.45, 2.75) is 32.7 Å². The number of rotatable bonds is 4. The van der Waals surface area contributed by atoms with Crippen molar-refractivity contribution in [1.29, 1.82) is 0 Å². The zero-order valence-corrected chi connectivity index (χ0v) is 10.2. The lowest BCUT2D eigenvalue weighted by Crippen LogP contribution is -2.21. The molecule has 15 heavy (non-hydrogen) atoms. The van der Waals surface area contributed by atoms with Crippen LogP contribution >= 0.6 is 0 Å². The fourth-order valence-corrected chi connectivity index (χ4v) is 1.79. The number of nitrogens with zero attached hydrogens (tertiary/aromatic N) is 1. The van der Waals surface area contributed by atoms with Crippen molar-refractivity contribution < 1.29 is 0 Å². The highest BCUT2D eigenvalue weighted by atomic mass is 15.1. The number of hydrogen-bond donors (Lipinski definition) is 1. The van der Waals surface area contributed by atoms with Gasteiger partial charge in [0.1, 0.15) is 0 Å². The van der Waals surface area contributed by atoms with E-state index in [1.807, 2.05) is 0 Å². The zero-order chi connectivity index (χ0) is 11.4. The summed E-state index contributed by atoms with van der Waals surface area (Å²) in [5.74, 6) is 0. The molecular weight excluding hydrogens is 184 g/mol. The van der Waals surface area contributed by atoms with Crippen molar-refractivity contribution in [3.63, 3.8) is 0 Å². The monoisotopic (exact) mass is 206 g/mol. The minimum atomic E-state index is 0.287. The van der Waals surface area contributed by atoms with Gasteiger partial charge in [-0.1, -0.05) is 19.1 Å². The number of nitrogens with two attached hydrogens (primary N) is 1. The molecule has 0 radical (unpaired) electrons. The van der Waals surface area contributed by atoms with Gasteiger partial charge in [0.2, 0.25) is 0 Å². The average Bonchev–Trinajstić information content (AvgIpc) is 2.17. The van der Waals surface area contributed by atoms with Crippen molar-refractivity contribution in [2.24, 2.45) is 5.73 Å². The van der Waals surface area contributed by atoms with Crippen molar-refractivity contribution >= 4 is 5.69 Å². The van der Waals surface area contributed by atoms with Crippen molar-refractivity contribution in [1.82, 2.24) is 0 Å². The van der Waals surface area contributed by atoms with E-state index in [2.05, 4.69) is 51.0 Å². The van der Waals surface area contributed by atoms with Crippen LogP contribution in [-0.2, 0) is 6.42 Å². The quantitative estimate of drug-likeness (QED) is 0.819. The molecule has 0 amide bonds. The molecule has 0 bridgehead atoms. The van der Waals surface area contributed by atoms with Crippen LogP contribution in [0.25, 0.3) is 0 Å². The Hall–Kier alpha value is -1.02. The van der Waals surface area contributed by atoms with Crippen LogP contribution in [0.4, 0.5) is 5.69 Å². The molecular formula is C13H22N2. The third kappa shape index (κ3) is 3.24. The first-order chi connectivity index (χ1) is 7.04.